The Labute approximate surface area is 188 Å². The summed E-state index contributed by atoms with van der Waals surface area (Å²) in [5.41, 5.74) is 7.12. The summed E-state index contributed by atoms with van der Waals surface area (Å²) in [5.74, 6) is -0.126. The van der Waals surface area contributed by atoms with E-state index in [1.54, 1.807) is 0 Å². The van der Waals surface area contributed by atoms with Gasteiger partial charge in [0.1, 0.15) is 0 Å². The van der Waals surface area contributed by atoms with Gasteiger partial charge >= 0.3 is 0 Å². The van der Waals surface area contributed by atoms with Gasteiger partial charge in [-0.25, -0.2) is 9.67 Å². The van der Waals surface area contributed by atoms with Crippen LogP contribution in [0.4, 0.5) is 0 Å². The fourth-order valence-electron chi connectivity index (χ4n) is 4.09. The van der Waals surface area contributed by atoms with Gasteiger partial charge in [-0.15, -0.1) is 0 Å². The van der Waals surface area contributed by atoms with Crippen LogP contribution in [-0.2, 0) is 13.1 Å². The van der Waals surface area contributed by atoms with Gasteiger partial charge in [-0.1, -0.05) is 29.8 Å². The Morgan fingerprint density at radius 2 is 1.75 bits per heavy atom. The van der Waals surface area contributed by atoms with Crippen molar-refractivity contribution in [3.8, 4) is 11.3 Å². The van der Waals surface area contributed by atoms with E-state index >= 15 is 0 Å². The fraction of sp³-hybridized carbons (Fsp3) is 0.360. The summed E-state index contributed by atoms with van der Waals surface area (Å²) in [6.07, 6.45) is 0. The summed E-state index contributed by atoms with van der Waals surface area (Å²) in [6.45, 7) is 13.3. The molecule has 7 heteroatoms. The molecule has 1 N–H and O–H groups in total. The molecule has 0 aliphatic carbocycles. The van der Waals surface area contributed by atoms with Crippen molar-refractivity contribution >= 4 is 16.9 Å². The lowest BCUT2D eigenvalue weighted by Gasteiger charge is -2.16. The van der Waals surface area contributed by atoms with E-state index in [2.05, 4.69) is 34.6 Å². The highest BCUT2D eigenvalue weighted by Crippen LogP contribution is 2.27. The Hall–Kier alpha value is -3.48. The van der Waals surface area contributed by atoms with Crippen LogP contribution in [0.5, 0.6) is 0 Å². The number of pyridine rings is 1. The second kappa shape index (κ2) is 8.57. The Morgan fingerprint density at radius 1 is 1.03 bits per heavy atom. The van der Waals surface area contributed by atoms with Gasteiger partial charge < -0.3 is 5.32 Å². The van der Waals surface area contributed by atoms with Gasteiger partial charge in [0.15, 0.2) is 5.65 Å². The molecule has 32 heavy (non-hydrogen) atoms. The summed E-state index contributed by atoms with van der Waals surface area (Å²) in [7, 11) is 0. The number of rotatable bonds is 6. The highest BCUT2D eigenvalue weighted by molar-refractivity contribution is 6.07. The van der Waals surface area contributed by atoms with Crippen LogP contribution >= 0.6 is 0 Å². The van der Waals surface area contributed by atoms with E-state index in [1.165, 1.54) is 5.56 Å². The molecule has 3 aromatic heterocycles. The minimum absolute atomic E-state index is 0.0898. The maximum atomic E-state index is 13.4. The van der Waals surface area contributed by atoms with Crippen molar-refractivity contribution in [1.29, 1.82) is 0 Å². The van der Waals surface area contributed by atoms with E-state index in [0.29, 0.717) is 18.7 Å². The van der Waals surface area contributed by atoms with Crippen molar-refractivity contribution in [3.63, 3.8) is 0 Å². The third-order valence-electron chi connectivity index (χ3n) is 5.70. The molecule has 1 amide bonds. The van der Waals surface area contributed by atoms with Gasteiger partial charge in [0.25, 0.3) is 5.91 Å². The number of amides is 1. The number of fused-ring (bicyclic) bond motifs is 1. The zero-order valence-electron chi connectivity index (χ0n) is 19.6. The third kappa shape index (κ3) is 4.15. The molecular weight excluding hydrogens is 400 g/mol. The zero-order valence-corrected chi connectivity index (χ0v) is 19.6. The monoisotopic (exact) mass is 430 g/mol. The van der Waals surface area contributed by atoms with Gasteiger partial charge in [-0.3, -0.25) is 9.48 Å². The molecule has 1 aromatic carbocycles. The van der Waals surface area contributed by atoms with Crippen molar-refractivity contribution in [2.45, 2.75) is 60.7 Å². The Kier molecular flexibility index (Phi) is 5.82. The summed E-state index contributed by atoms with van der Waals surface area (Å²) in [4.78, 5) is 18.3. The third-order valence-corrected chi connectivity index (χ3v) is 5.70. The molecule has 166 valence electrons. The van der Waals surface area contributed by atoms with Crippen LogP contribution in [0.1, 0.15) is 46.9 Å². The number of nitrogens with zero attached hydrogens (tertiary/aromatic N) is 5. The second-order valence-electron chi connectivity index (χ2n) is 8.50. The van der Waals surface area contributed by atoms with E-state index in [4.69, 9.17) is 4.98 Å². The van der Waals surface area contributed by atoms with Crippen LogP contribution < -0.4 is 5.32 Å². The predicted molar refractivity (Wildman–Crippen MR) is 127 cm³/mol. The van der Waals surface area contributed by atoms with Gasteiger partial charge in [0.05, 0.1) is 34.6 Å². The van der Waals surface area contributed by atoms with Crippen LogP contribution in [0.2, 0.25) is 0 Å². The largest absolute Gasteiger partial charge is 0.348 e. The number of nitrogens with one attached hydrogen (secondary N) is 1. The fourth-order valence-corrected chi connectivity index (χ4v) is 4.09. The van der Waals surface area contributed by atoms with E-state index in [-0.39, 0.29) is 11.9 Å². The first-order chi connectivity index (χ1) is 15.3. The minimum Gasteiger partial charge on any atom is -0.348 e. The molecule has 0 bridgehead atoms. The standard InChI is InChI=1S/C25H30N6O/c1-7-30-24-23(19(6)29-30)21(13-22(27-24)20-10-8-15(2)9-11-20)25(32)26-17(4)14-31-18(5)12-16(3)28-31/h8-13,17H,7,14H2,1-6H3,(H,26,32). The molecule has 4 aromatic rings. The molecule has 4 rings (SSSR count). The number of aryl methyl sites for hydroxylation is 5. The maximum Gasteiger partial charge on any atom is 0.252 e. The smallest absolute Gasteiger partial charge is 0.252 e. The van der Waals surface area contributed by atoms with Crippen LogP contribution in [0.15, 0.2) is 36.4 Å². The van der Waals surface area contributed by atoms with Crippen molar-refractivity contribution in [2.24, 2.45) is 0 Å². The summed E-state index contributed by atoms with van der Waals surface area (Å²) in [5, 5.41) is 13.1. The number of carbonyl (C=O) groups is 1. The van der Waals surface area contributed by atoms with Crippen molar-refractivity contribution in [1.82, 2.24) is 29.9 Å². The van der Waals surface area contributed by atoms with Crippen molar-refractivity contribution in [3.05, 3.63) is 64.6 Å². The lowest BCUT2D eigenvalue weighted by atomic mass is 10.0. The van der Waals surface area contributed by atoms with Gasteiger partial charge in [-0.05, 0) is 53.7 Å². The van der Waals surface area contributed by atoms with E-state index in [0.717, 1.165) is 39.4 Å². The summed E-state index contributed by atoms with van der Waals surface area (Å²) < 4.78 is 3.79. The molecule has 0 aliphatic heterocycles. The molecule has 1 atom stereocenters. The first-order valence-corrected chi connectivity index (χ1v) is 11.0. The Morgan fingerprint density at radius 3 is 2.38 bits per heavy atom. The van der Waals surface area contributed by atoms with Crippen LogP contribution in [0.3, 0.4) is 0 Å². The van der Waals surface area contributed by atoms with Crippen LogP contribution in [0.25, 0.3) is 22.3 Å². The van der Waals surface area contributed by atoms with Gasteiger partial charge in [-0.2, -0.15) is 10.2 Å². The maximum absolute atomic E-state index is 13.4. The SMILES string of the molecule is CCn1nc(C)c2c(C(=O)NC(C)Cn3nc(C)cc3C)cc(-c3ccc(C)cc3)nc21. The molecule has 0 saturated heterocycles. The Bertz CT molecular complexity index is 1280. The van der Waals surface area contributed by atoms with Gasteiger partial charge in [0, 0.05) is 23.8 Å². The minimum atomic E-state index is -0.126. The first kappa shape index (κ1) is 21.7. The molecule has 0 aliphatic rings. The molecule has 0 fully saturated rings. The molecule has 3 heterocycles. The van der Waals surface area contributed by atoms with Crippen LogP contribution in [-0.4, -0.2) is 36.5 Å². The van der Waals surface area contributed by atoms with Gasteiger partial charge in [0.2, 0.25) is 0 Å². The van der Waals surface area contributed by atoms with E-state index in [1.807, 2.05) is 68.2 Å². The highest BCUT2D eigenvalue weighted by Gasteiger charge is 2.21. The quantitative estimate of drug-likeness (QED) is 0.493. The average Bonchev–Trinajstić information content (AvgIpc) is 3.25. The topological polar surface area (TPSA) is 77.6 Å². The number of hydrogen-bond acceptors (Lipinski definition) is 4. The van der Waals surface area contributed by atoms with Crippen molar-refractivity contribution in [2.75, 3.05) is 0 Å². The molecule has 0 radical (unpaired) electrons. The van der Waals surface area contributed by atoms with Crippen molar-refractivity contribution < 1.29 is 4.79 Å². The molecular formula is C25H30N6O. The Balaban J connectivity index is 1.72. The first-order valence-electron chi connectivity index (χ1n) is 11.0. The predicted octanol–water partition coefficient (Wildman–Crippen LogP) is 4.37. The molecule has 0 saturated carbocycles. The second-order valence-corrected chi connectivity index (χ2v) is 8.50. The number of carbonyl (C=O) groups excluding carboxylic acids is 1. The van der Waals surface area contributed by atoms with E-state index in [9.17, 15) is 4.79 Å². The summed E-state index contributed by atoms with van der Waals surface area (Å²) in [6, 6.07) is 12.0. The molecule has 0 spiro atoms. The molecule has 1 unspecified atom stereocenters. The van der Waals surface area contributed by atoms with E-state index < -0.39 is 0 Å². The summed E-state index contributed by atoms with van der Waals surface area (Å²) >= 11 is 0. The normalized spacial score (nSPS) is 12.3. The molecule has 7 nitrogen and oxygen atoms in total. The zero-order chi connectivity index (χ0) is 23.0. The van der Waals surface area contributed by atoms with Crippen LogP contribution in [0, 0.1) is 27.7 Å². The highest BCUT2D eigenvalue weighted by atomic mass is 16.1. The number of aromatic nitrogens is 5. The number of benzene rings is 1. The lowest BCUT2D eigenvalue weighted by molar-refractivity contribution is 0.0937. The lowest BCUT2D eigenvalue weighted by Crippen LogP contribution is -2.36. The average molecular weight is 431 g/mol. The number of hydrogen-bond donors (Lipinski definition) is 1.